The van der Waals surface area contributed by atoms with Crippen LogP contribution in [0.3, 0.4) is 0 Å². The van der Waals surface area contributed by atoms with E-state index in [-0.39, 0.29) is 6.04 Å². The molecule has 166 valence electrons. The van der Waals surface area contributed by atoms with Crippen LogP contribution in [0.15, 0.2) is 42.9 Å². The monoisotopic (exact) mass is 432 g/mol. The van der Waals surface area contributed by atoms with Crippen LogP contribution < -0.4 is 21.5 Å². The molecule has 0 aliphatic carbocycles. The number of hydrogen-bond donors (Lipinski definition) is 4. The molecule has 1 aromatic carbocycles. The van der Waals surface area contributed by atoms with Crippen LogP contribution in [0.25, 0.3) is 16.8 Å². The van der Waals surface area contributed by atoms with Gasteiger partial charge in [0.05, 0.1) is 18.4 Å². The van der Waals surface area contributed by atoms with Crippen LogP contribution in [0.1, 0.15) is 30.9 Å². The highest BCUT2D eigenvalue weighted by Crippen LogP contribution is 2.23. The van der Waals surface area contributed by atoms with Crippen molar-refractivity contribution in [3.05, 3.63) is 54.0 Å². The highest BCUT2D eigenvalue weighted by molar-refractivity contribution is 5.62. The Kier molecular flexibility index (Phi) is 5.46. The van der Waals surface area contributed by atoms with Gasteiger partial charge in [-0.2, -0.15) is 24.7 Å². The molecule has 3 aromatic heterocycles. The van der Waals surface area contributed by atoms with Gasteiger partial charge in [-0.25, -0.2) is 0 Å². The molecule has 0 radical (unpaired) electrons. The Labute approximate surface area is 186 Å². The number of hydrazine groups is 1. The Hall–Kier alpha value is -3.50. The Morgan fingerprint density at radius 3 is 2.50 bits per heavy atom. The second kappa shape index (κ2) is 8.56. The zero-order valence-corrected chi connectivity index (χ0v) is 18.5. The predicted molar refractivity (Wildman–Crippen MR) is 124 cm³/mol. The first kappa shape index (κ1) is 20.4. The van der Waals surface area contributed by atoms with Crippen molar-refractivity contribution in [3.63, 3.8) is 0 Å². The quantitative estimate of drug-likeness (QED) is 0.352. The van der Waals surface area contributed by atoms with Gasteiger partial charge >= 0.3 is 0 Å². The maximum absolute atomic E-state index is 4.76. The maximum atomic E-state index is 4.76. The highest BCUT2D eigenvalue weighted by atomic mass is 15.4. The molecule has 1 fully saturated rings. The second-order valence-corrected chi connectivity index (χ2v) is 8.42. The normalized spacial score (nSPS) is 14.5. The summed E-state index contributed by atoms with van der Waals surface area (Å²) < 4.78 is 3.60. The van der Waals surface area contributed by atoms with Crippen LogP contribution in [0.4, 0.5) is 11.9 Å². The molecule has 0 spiro atoms. The molecule has 4 N–H and O–H groups in total. The van der Waals surface area contributed by atoms with Gasteiger partial charge in [-0.1, -0.05) is 38.1 Å². The number of hydrogen-bond acceptors (Lipinski definition) is 8. The molecule has 10 nitrogen and oxygen atoms in total. The fourth-order valence-electron chi connectivity index (χ4n) is 3.79. The summed E-state index contributed by atoms with van der Waals surface area (Å²) in [5.41, 5.74) is 11.6. The van der Waals surface area contributed by atoms with Crippen molar-refractivity contribution >= 4 is 17.5 Å². The van der Waals surface area contributed by atoms with Crippen molar-refractivity contribution in [2.24, 2.45) is 7.05 Å². The fraction of sp³-hybridized carbons (Fsp3) is 0.364. The third-order valence-corrected chi connectivity index (χ3v) is 5.62. The number of aromatic nitrogens is 6. The Bertz CT molecular complexity index is 1200. The van der Waals surface area contributed by atoms with Crippen molar-refractivity contribution in [1.29, 1.82) is 0 Å². The molecule has 32 heavy (non-hydrogen) atoms. The number of rotatable bonds is 7. The first-order valence-electron chi connectivity index (χ1n) is 10.9. The van der Waals surface area contributed by atoms with Gasteiger partial charge in [-0.05, 0) is 17.0 Å². The number of fused-ring (bicyclic) bond motifs is 1. The van der Waals surface area contributed by atoms with Crippen LogP contribution in [0, 0.1) is 0 Å². The number of nitrogens with zero attached hydrogens (tertiary/aromatic N) is 6. The highest BCUT2D eigenvalue weighted by Gasteiger charge is 2.19. The van der Waals surface area contributed by atoms with Gasteiger partial charge in [-0.3, -0.25) is 15.5 Å². The average Bonchev–Trinajstić information content (AvgIpc) is 3.53. The van der Waals surface area contributed by atoms with E-state index in [0.29, 0.717) is 24.4 Å². The minimum Gasteiger partial charge on any atom is -0.350 e. The van der Waals surface area contributed by atoms with Crippen LogP contribution in [-0.4, -0.2) is 48.5 Å². The third kappa shape index (κ3) is 4.14. The summed E-state index contributed by atoms with van der Waals surface area (Å²) in [7, 11) is 1.92. The van der Waals surface area contributed by atoms with Gasteiger partial charge in [0.15, 0.2) is 5.65 Å². The fourth-order valence-corrected chi connectivity index (χ4v) is 3.79. The lowest BCUT2D eigenvalue weighted by atomic mass is 10.1. The summed E-state index contributed by atoms with van der Waals surface area (Å²) in [6.07, 6.45) is 5.77. The van der Waals surface area contributed by atoms with E-state index in [0.717, 1.165) is 41.0 Å². The molecule has 1 saturated heterocycles. The van der Waals surface area contributed by atoms with Crippen LogP contribution in [0.5, 0.6) is 0 Å². The molecule has 0 bridgehead atoms. The van der Waals surface area contributed by atoms with E-state index < -0.39 is 0 Å². The molecular formula is C22H28N10. The zero-order chi connectivity index (χ0) is 22.1. The molecule has 0 unspecified atom stereocenters. The first-order chi connectivity index (χ1) is 15.6. The minimum absolute atomic E-state index is 0.232. The summed E-state index contributed by atoms with van der Waals surface area (Å²) in [5.74, 6) is 1.59. The van der Waals surface area contributed by atoms with Crippen molar-refractivity contribution in [3.8, 4) is 11.1 Å². The van der Waals surface area contributed by atoms with Gasteiger partial charge < -0.3 is 10.6 Å². The van der Waals surface area contributed by atoms with Crippen LogP contribution in [0.2, 0.25) is 0 Å². The smallest absolute Gasteiger partial charge is 0.229 e. The summed E-state index contributed by atoms with van der Waals surface area (Å²) in [5, 5.41) is 15.7. The van der Waals surface area contributed by atoms with E-state index in [1.165, 1.54) is 0 Å². The van der Waals surface area contributed by atoms with E-state index in [1.807, 2.05) is 30.3 Å². The SMILES string of the molecule is CC(C)c1cnn2c(NCc3ccc(-c4cnn(C)c4)cc3)nc(NC3CNNC3)nc12. The molecule has 10 heteroatoms. The summed E-state index contributed by atoms with van der Waals surface area (Å²) in [6, 6.07) is 8.69. The van der Waals surface area contributed by atoms with E-state index in [4.69, 9.17) is 9.97 Å². The van der Waals surface area contributed by atoms with Crippen molar-refractivity contribution in [1.82, 2.24) is 40.2 Å². The van der Waals surface area contributed by atoms with E-state index in [2.05, 4.69) is 69.8 Å². The summed E-state index contributed by atoms with van der Waals surface area (Å²) in [4.78, 5) is 9.48. The number of nitrogens with one attached hydrogen (secondary N) is 4. The standard InChI is InChI=1S/C22H28N10/c1-14(2)19-12-27-32-20(19)29-21(28-18-10-24-25-11-18)30-22(32)23-8-15-4-6-16(7-5-15)17-9-26-31(3)13-17/h4-7,9,12-14,18,24-25H,8,10-11H2,1-3H3,(H2,23,28,29,30). The molecular weight excluding hydrogens is 404 g/mol. The van der Waals surface area contributed by atoms with Gasteiger partial charge in [0.1, 0.15) is 0 Å². The molecule has 1 aliphatic rings. The first-order valence-corrected chi connectivity index (χ1v) is 10.9. The summed E-state index contributed by atoms with van der Waals surface area (Å²) in [6.45, 7) is 6.55. The lowest BCUT2D eigenvalue weighted by molar-refractivity contribution is 0.689. The van der Waals surface area contributed by atoms with Gasteiger partial charge in [0, 0.05) is 44.0 Å². The molecule has 0 amide bonds. The predicted octanol–water partition coefficient (Wildman–Crippen LogP) is 2.15. The van der Waals surface area contributed by atoms with E-state index >= 15 is 0 Å². The molecule has 4 aromatic rings. The Balaban J connectivity index is 1.38. The maximum Gasteiger partial charge on any atom is 0.229 e. The van der Waals surface area contributed by atoms with Crippen LogP contribution in [-0.2, 0) is 13.6 Å². The Morgan fingerprint density at radius 1 is 1.03 bits per heavy atom. The molecule has 0 atom stereocenters. The topological polar surface area (TPSA) is 109 Å². The van der Waals surface area contributed by atoms with Crippen LogP contribution >= 0.6 is 0 Å². The molecule has 1 aliphatic heterocycles. The van der Waals surface area contributed by atoms with Crippen molar-refractivity contribution in [2.45, 2.75) is 32.4 Å². The second-order valence-electron chi connectivity index (χ2n) is 8.42. The van der Waals surface area contributed by atoms with Gasteiger partial charge in [0.25, 0.3) is 0 Å². The minimum atomic E-state index is 0.232. The van der Waals surface area contributed by atoms with Crippen molar-refractivity contribution in [2.75, 3.05) is 23.7 Å². The number of benzene rings is 1. The number of anilines is 2. The molecule has 5 rings (SSSR count). The van der Waals surface area contributed by atoms with E-state index in [1.54, 1.807) is 4.52 Å². The molecule has 0 saturated carbocycles. The zero-order valence-electron chi connectivity index (χ0n) is 18.5. The third-order valence-electron chi connectivity index (χ3n) is 5.62. The average molecular weight is 433 g/mol. The van der Waals surface area contributed by atoms with Gasteiger partial charge in [0.2, 0.25) is 11.9 Å². The Morgan fingerprint density at radius 2 is 1.81 bits per heavy atom. The van der Waals surface area contributed by atoms with Crippen molar-refractivity contribution < 1.29 is 0 Å². The lowest BCUT2D eigenvalue weighted by Gasteiger charge is -2.14. The largest absolute Gasteiger partial charge is 0.350 e. The van der Waals surface area contributed by atoms with Gasteiger partial charge in [-0.15, -0.1) is 0 Å². The number of aryl methyl sites for hydroxylation is 1. The van der Waals surface area contributed by atoms with E-state index in [9.17, 15) is 0 Å². The summed E-state index contributed by atoms with van der Waals surface area (Å²) >= 11 is 0. The lowest BCUT2D eigenvalue weighted by Crippen LogP contribution is -2.26. The molecule has 4 heterocycles.